The van der Waals surface area contributed by atoms with Crippen LogP contribution in [0.3, 0.4) is 0 Å². The van der Waals surface area contributed by atoms with Crippen LogP contribution in [0, 0.1) is 0 Å². The predicted molar refractivity (Wildman–Crippen MR) is 90.6 cm³/mol. The number of aromatic nitrogens is 5. The Morgan fingerprint density at radius 1 is 1.36 bits per heavy atom. The van der Waals surface area contributed by atoms with E-state index in [1.54, 1.807) is 48.6 Å². The van der Waals surface area contributed by atoms with Crippen molar-refractivity contribution in [2.45, 2.75) is 26.4 Å². The maximum Gasteiger partial charge on any atom is 0.322 e. The van der Waals surface area contributed by atoms with Gasteiger partial charge in [-0.15, -0.1) is 0 Å². The number of anilines is 1. The molecule has 0 unspecified atom stereocenters. The quantitative estimate of drug-likeness (QED) is 0.765. The molecule has 0 aliphatic rings. The van der Waals surface area contributed by atoms with Crippen molar-refractivity contribution in [1.29, 1.82) is 0 Å². The zero-order valence-corrected chi connectivity index (χ0v) is 14.2. The van der Waals surface area contributed by atoms with Gasteiger partial charge in [-0.25, -0.2) is 4.79 Å². The molecule has 3 aromatic rings. The molecular weight excluding hydrogens is 322 g/mol. The van der Waals surface area contributed by atoms with Crippen molar-refractivity contribution in [1.82, 2.24) is 29.8 Å². The molecule has 1 N–H and O–H groups in total. The third-order valence-electron chi connectivity index (χ3n) is 3.51. The molecule has 0 saturated carbocycles. The van der Waals surface area contributed by atoms with Gasteiger partial charge in [0.1, 0.15) is 6.54 Å². The van der Waals surface area contributed by atoms with Crippen molar-refractivity contribution in [3.63, 3.8) is 0 Å². The van der Waals surface area contributed by atoms with Gasteiger partial charge in [-0.3, -0.25) is 9.67 Å². The maximum atomic E-state index is 12.3. The summed E-state index contributed by atoms with van der Waals surface area (Å²) in [7, 11) is 1.65. The standard InChI is InChI=1S/C16H19N7O2/c1-11(2)23-9-13(8-18-23)19-16(24)22(3)10-14-20-15(21-25-14)12-4-6-17-7-5-12/h4-9,11H,10H2,1-3H3,(H,19,24). The molecule has 0 bridgehead atoms. The molecule has 0 spiro atoms. The number of urea groups is 1. The summed E-state index contributed by atoms with van der Waals surface area (Å²) in [6.45, 7) is 4.23. The van der Waals surface area contributed by atoms with Crippen LogP contribution in [0.2, 0.25) is 0 Å². The number of pyridine rings is 1. The Labute approximate surface area is 144 Å². The van der Waals surface area contributed by atoms with E-state index in [0.717, 1.165) is 5.56 Å². The lowest BCUT2D eigenvalue weighted by atomic mass is 10.2. The summed E-state index contributed by atoms with van der Waals surface area (Å²) in [5.74, 6) is 0.812. The second-order valence-corrected chi connectivity index (χ2v) is 5.84. The molecule has 9 heteroatoms. The Balaban J connectivity index is 1.60. The SMILES string of the molecule is CC(C)n1cc(NC(=O)N(C)Cc2nc(-c3ccncc3)no2)cn1. The first-order valence-corrected chi connectivity index (χ1v) is 7.82. The van der Waals surface area contributed by atoms with E-state index in [1.807, 2.05) is 13.8 Å². The number of amides is 2. The number of hydrogen-bond donors (Lipinski definition) is 1. The van der Waals surface area contributed by atoms with Crippen molar-refractivity contribution >= 4 is 11.7 Å². The highest BCUT2D eigenvalue weighted by atomic mass is 16.5. The predicted octanol–water partition coefficient (Wildman–Crippen LogP) is 2.57. The summed E-state index contributed by atoms with van der Waals surface area (Å²) in [4.78, 5) is 21.9. The van der Waals surface area contributed by atoms with E-state index < -0.39 is 0 Å². The van der Waals surface area contributed by atoms with Gasteiger partial charge >= 0.3 is 6.03 Å². The summed E-state index contributed by atoms with van der Waals surface area (Å²) in [5.41, 5.74) is 1.44. The molecule has 0 saturated heterocycles. The smallest absolute Gasteiger partial charge is 0.322 e. The molecule has 3 heterocycles. The normalized spacial score (nSPS) is 10.9. The minimum absolute atomic E-state index is 0.197. The highest BCUT2D eigenvalue weighted by molar-refractivity contribution is 5.88. The molecule has 25 heavy (non-hydrogen) atoms. The minimum atomic E-state index is -0.285. The maximum absolute atomic E-state index is 12.3. The van der Waals surface area contributed by atoms with Gasteiger partial charge in [0, 0.05) is 37.2 Å². The molecule has 0 fully saturated rings. The zero-order valence-electron chi connectivity index (χ0n) is 14.2. The van der Waals surface area contributed by atoms with E-state index in [0.29, 0.717) is 17.4 Å². The fourth-order valence-electron chi connectivity index (χ4n) is 2.12. The third-order valence-corrected chi connectivity index (χ3v) is 3.51. The average molecular weight is 341 g/mol. The summed E-state index contributed by atoms with van der Waals surface area (Å²) >= 11 is 0. The largest absolute Gasteiger partial charge is 0.337 e. The summed E-state index contributed by atoms with van der Waals surface area (Å²) in [6, 6.07) is 3.52. The summed E-state index contributed by atoms with van der Waals surface area (Å²) < 4.78 is 6.98. The monoisotopic (exact) mass is 341 g/mol. The lowest BCUT2D eigenvalue weighted by Gasteiger charge is -2.14. The van der Waals surface area contributed by atoms with Gasteiger partial charge in [0.15, 0.2) is 0 Å². The van der Waals surface area contributed by atoms with E-state index in [2.05, 4.69) is 25.5 Å². The van der Waals surface area contributed by atoms with Crippen LogP contribution in [0.25, 0.3) is 11.4 Å². The van der Waals surface area contributed by atoms with Gasteiger partial charge in [-0.05, 0) is 26.0 Å². The zero-order chi connectivity index (χ0) is 17.8. The lowest BCUT2D eigenvalue weighted by Crippen LogP contribution is -2.30. The first-order valence-electron chi connectivity index (χ1n) is 7.82. The van der Waals surface area contributed by atoms with Crippen LogP contribution < -0.4 is 5.32 Å². The Morgan fingerprint density at radius 2 is 2.12 bits per heavy atom. The van der Waals surface area contributed by atoms with Crippen molar-refractivity contribution in [2.75, 3.05) is 12.4 Å². The molecule has 3 aromatic heterocycles. The number of carbonyl (C=O) groups excluding carboxylic acids is 1. The number of nitrogens with zero attached hydrogens (tertiary/aromatic N) is 6. The molecule has 130 valence electrons. The Bertz CT molecular complexity index is 841. The van der Waals surface area contributed by atoms with Crippen LogP contribution >= 0.6 is 0 Å². The molecule has 0 aromatic carbocycles. The third kappa shape index (κ3) is 4.00. The summed E-state index contributed by atoms with van der Waals surface area (Å²) in [6.07, 6.45) is 6.70. The van der Waals surface area contributed by atoms with E-state index >= 15 is 0 Å². The van der Waals surface area contributed by atoms with Crippen molar-refractivity contribution in [2.24, 2.45) is 0 Å². The molecule has 9 nitrogen and oxygen atoms in total. The van der Waals surface area contributed by atoms with E-state index in [4.69, 9.17) is 4.52 Å². The highest BCUT2D eigenvalue weighted by Crippen LogP contribution is 2.15. The van der Waals surface area contributed by atoms with Crippen LogP contribution in [-0.2, 0) is 6.54 Å². The van der Waals surface area contributed by atoms with Gasteiger partial charge < -0.3 is 14.7 Å². The molecule has 0 aliphatic carbocycles. The van der Waals surface area contributed by atoms with Crippen LogP contribution in [0.5, 0.6) is 0 Å². The van der Waals surface area contributed by atoms with Crippen LogP contribution in [0.15, 0.2) is 41.4 Å². The van der Waals surface area contributed by atoms with Gasteiger partial charge in [-0.1, -0.05) is 5.16 Å². The van der Waals surface area contributed by atoms with Gasteiger partial charge in [0.25, 0.3) is 0 Å². The van der Waals surface area contributed by atoms with Gasteiger partial charge in [0.2, 0.25) is 11.7 Å². The number of hydrogen-bond acceptors (Lipinski definition) is 6. The Morgan fingerprint density at radius 3 is 2.80 bits per heavy atom. The first-order chi connectivity index (χ1) is 12.0. The molecule has 0 atom stereocenters. The fourth-order valence-corrected chi connectivity index (χ4v) is 2.12. The number of carbonyl (C=O) groups is 1. The van der Waals surface area contributed by atoms with Crippen molar-refractivity contribution in [3.8, 4) is 11.4 Å². The summed E-state index contributed by atoms with van der Waals surface area (Å²) in [5, 5.41) is 10.9. The van der Waals surface area contributed by atoms with Gasteiger partial charge in [0.05, 0.1) is 11.9 Å². The second-order valence-electron chi connectivity index (χ2n) is 5.84. The van der Waals surface area contributed by atoms with Crippen LogP contribution in [0.1, 0.15) is 25.8 Å². The van der Waals surface area contributed by atoms with E-state index in [9.17, 15) is 4.79 Å². The molecule has 0 aliphatic heterocycles. The number of rotatable bonds is 5. The minimum Gasteiger partial charge on any atom is -0.337 e. The molecule has 0 radical (unpaired) electrons. The highest BCUT2D eigenvalue weighted by Gasteiger charge is 2.15. The van der Waals surface area contributed by atoms with Crippen molar-refractivity contribution in [3.05, 3.63) is 42.8 Å². The lowest BCUT2D eigenvalue weighted by molar-refractivity contribution is 0.213. The van der Waals surface area contributed by atoms with Crippen LogP contribution in [-0.4, -0.2) is 42.9 Å². The van der Waals surface area contributed by atoms with E-state index in [1.165, 1.54) is 4.90 Å². The Hall–Kier alpha value is -3.23. The fraction of sp³-hybridized carbons (Fsp3) is 0.312. The van der Waals surface area contributed by atoms with Crippen molar-refractivity contribution < 1.29 is 9.32 Å². The Kier molecular flexibility index (Phi) is 4.73. The topological polar surface area (TPSA) is 102 Å². The molecule has 2 amide bonds. The van der Waals surface area contributed by atoms with Gasteiger partial charge in [-0.2, -0.15) is 10.1 Å². The molecular formula is C16H19N7O2. The molecule has 3 rings (SSSR count). The van der Waals surface area contributed by atoms with Crippen LogP contribution in [0.4, 0.5) is 10.5 Å². The van der Waals surface area contributed by atoms with E-state index in [-0.39, 0.29) is 18.6 Å². The average Bonchev–Trinajstić information content (AvgIpc) is 3.25. The first kappa shape index (κ1) is 16.6. The number of nitrogens with one attached hydrogen (secondary N) is 1. The second kappa shape index (κ2) is 7.12.